The first-order valence-electron chi connectivity index (χ1n) is 7.36. The van der Waals surface area contributed by atoms with Crippen LogP contribution in [0.5, 0.6) is 5.75 Å². The normalized spacial score (nSPS) is 16.5. The Bertz CT molecular complexity index is 889. The van der Waals surface area contributed by atoms with Gasteiger partial charge in [-0.05, 0) is 42.2 Å². The lowest BCUT2D eigenvalue weighted by atomic mass is 10.0. The van der Waals surface area contributed by atoms with Crippen LogP contribution in [0, 0.1) is 0 Å². The summed E-state index contributed by atoms with van der Waals surface area (Å²) in [4.78, 5) is 4.43. The van der Waals surface area contributed by atoms with E-state index in [0.29, 0.717) is 23.7 Å². The third-order valence-electron chi connectivity index (χ3n) is 4.18. The fourth-order valence-corrected chi connectivity index (χ4v) is 2.98. The van der Waals surface area contributed by atoms with Crippen LogP contribution < -0.4 is 5.73 Å². The van der Waals surface area contributed by atoms with Gasteiger partial charge in [-0.3, -0.25) is 0 Å². The van der Waals surface area contributed by atoms with Gasteiger partial charge in [-0.1, -0.05) is 23.4 Å². The van der Waals surface area contributed by atoms with Crippen molar-refractivity contribution in [1.82, 2.24) is 10.1 Å². The molecular weight excluding hydrogens is 294 g/mol. The van der Waals surface area contributed by atoms with Crippen LogP contribution in [-0.4, -0.2) is 20.4 Å². The largest absolute Gasteiger partial charge is 0.506 e. The molecule has 1 aromatic heterocycles. The second-order valence-corrected chi connectivity index (χ2v) is 5.62. The van der Waals surface area contributed by atoms with E-state index in [1.54, 1.807) is 12.1 Å². The number of aromatic nitrogens is 2. The van der Waals surface area contributed by atoms with E-state index in [1.807, 2.05) is 18.2 Å². The second kappa shape index (κ2) is 5.10. The number of anilines is 1. The van der Waals surface area contributed by atoms with Crippen LogP contribution in [-0.2, 0) is 6.42 Å². The summed E-state index contributed by atoms with van der Waals surface area (Å²) in [5, 5.41) is 23.5. The van der Waals surface area contributed by atoms with Crippen LogP contribution in [0.15, 0.2) is 40.9 Å². The smallest absolute Gasteiger partial charge is 0.258 e. The Morgan fingerprint density at radius 2 is 2.09 bits per heavy atom. The number of aliphatic hydroxyl groups is 1. The number of nitrogen functional groups attached to an aromatic ring is 1. The highest BCUT2D eigenvalue weighted by molar-refractivity contribution is 5.68. The molecule has 116 valence electrons. The number of phenols is 1. The quantitative estimate of drug-likeness (QED) is 0.496. The van der Waals surface area contributed by atoms with Crippen molar-refractivity contribution in [2.24, 2.45) is 0 Å². The zero-order valence-electron chi connectivity index (χ0n) is 12.2. The third-order valence-corrected chi connectivity index (χ3v) is 4.18. The lowest BCUT2D eigenvalue weighted by Crippen LogP contribution is -1.92. The number of hydrogen-bond donors (Lipinski definition) is 3. The maximum atomic E-state index is 9.99. The van der Waals surface area contributed by atoms with Crippen LogP contribution in [0.4, 0.5) is 5.69 Å². The molecule has 0 amide bonds. The Morgan fingerprint density at radius 3 is 2.91 bits per heavy atom. The zero-order chi connectivity index (χ0) is 16.0. The van der Waals surface area contributed by atoms with Crippen LogP contribution in [0.25, 0.3) is 22.8 Å². The first-order chi connectivity index (χ1) is 11.1. The summed E-state index contributed by atoms with van der Waals surface area (Å²) < 4.78 is 5.33. The number of aromatic hydroxyl groups is 1. The van der Waals surface area contributed by atoms with Crippen LogP contribution in [0.3, 0.4) is 0 Å². The molecule has 6 nitrogen and oxygen atoms in total. The highest BCUT2D eigenvalue weighted by atomic mass is 16.5. The standard InChI is InChI=1S/C17H15N3O3/c18-13-8-9(4-6-15(13)22)17-19-16(20-23-17)12-3-1-2-11-10(12)5-7-14(11)21/h1-4,6,8,14,21-22H,5,7,18H2/t14-/m0/s1. The maximum Gasteiger partial charge on any atom is 0.258 e. The van der Waals surface area contributed by atoms with Gasteiger partial charge in [0.2, 0.25) is 5.82 Å². The van der Waals surface area contributed by atoms with Gasteiger partial charge in [0.1, 0.15) is 5.75 Å². The molecule has 0 spiro atoms. The maximum absolute atomic E-state index is 9.99. The zero-order valence-corrected chi connectivity index (χ0v) is 12.2. The summed E-state index contributed by atoms with van der Waals surface area (Å²) in [7, 11) is 0. The van der Waals surface area contributed by atoms with Crippen molar-refractivity contribution in [3.8, 4) is 28.6 Å². The summed E-state index contributed by atoms with van der Waals surface area (Å²) in [5.74, 6) is 0.837. The molecule has 1 atom stereocenters. The average Bonchev–Trinajstić information content (AvgIpc) is 3.18. The average molecular weight is 309 g/mol. The van der Waals surface area contributed by atoms with E-state index in [1.165, 1.54) is 6.07 Å². The topological polar surface area (TPSA) is 105 Å². The van der Waals surface area contributed by atoms with Gasteiger partial charge in [-0.2, -0.15) is 4.98 Å². The molecule has 1 aliphatic rings. The fraction of sp³-hybridized carbons (Fsp3) is 0.176. The summed E-state index contributed by atoms with van der Waals surface area (Å²) >= 11 is 0. The molecule has 6 heteroatoms. The number of aliphatic hydroxyl groups excluding tert-OH is 1. The second-order valence-electron chi connectivity index (χ2n) is 5.62. The van der Waals surface area contributed by atoms with E-state index in [-0.39, 0.29) is 11.4 Å². The van der Waals surface area contributed by atoms with Crippen LogP contribution in [0.2, 0.25) is 0 Å². The molecule has 0 fully saturated rings. The summed E-state index contributed by atoms with van der Waals surface area (Å²) in [6.07, 6.45) is 1.09. The predicted octanol–water partition coefficient (Wildman–Crippen LogP) is 2.67. The number of fused-ring (bicyclic) bond motifs is 1. The number of hydrogen-bond acceptors (Lipinski definition) is 6. The van der Waals surface area contributed by atoms with Crippen molar-refractivity contribution in [3.63, 3.8) is 0 Å². The molecule has 0 bridgehead atoms. The minimum absolute atomic E-state index is 0.0170. The van der Waals surface area contributed by atoms with E-state index in [9.17, 15) is 10.2 Å². The minimum atomic E-state index is -0.423. The molecule has 0 radical (unpaired) electrons. The van der Waals surface area contributed by atoms with Gasteiger partial charge in [-0.25, -0.2) is 0 Å². The van der Waals surface area contributed by atoms with Crippen molar-refractivity contribution < 1.29 is 14.7 Å². The Kier molecular flexibility index (Phi) is 3.06. The molecule has 3 aromatic rings. The number of phenolic OH excluding ortho intramolecular Hbond substituents is 1. The molecular formula is C17H15N3O3. The Hall–Kier alpha value is -2.86. The van der Waals surface area contributed by atoms with Crippen molar-refractivity contribution >= 4 is 5.69 Å². The lowest BCUT2D eigenvalue weighted by molar-refractivity contribution is 0.180. The minimum Gasteiger partial charge on any atom is -0.506 e. The van der Waals surface area contributed by atoms with Gasteiger partial charge in [-0.15, -0.1) is 0 Å². The van der Waals surface area contributed by atoms with Gasteiger partial charge in [0, 0.05) is 11.1 Å². The summed E-state index contributed by atoms with van der Waals surface area (Å²) in [6.45, 7) is 0. The molecule has 2 aromatic carbocycles. The molecule has 0 unspecified atom stereocenters. The molecule has 0 saturated heterocycles. The van der Waals surface area contributed by atoms with Crippen molar-refractivity contribution in [3.05, 3.63) is 47.5 Å². The van der Waals surface area contributed by atoms with Gasteiger partial charge in [0.05, 0.1) is 11.8 Å². The van der Waals surface area contributed by atoms with Gasteiger partial charge in [0.25, 0.3) is 5.89 Å². The van der Waals surface area contributed by atoms with Gasteiger partial charge in [0.15, 0.2) is 0 Å². The fourth-order valence-electron chi connectivity index (χ4n) is 2.98. The van der Waals surface area contributed by atoms with Crippen LogP contribution >= 0.6 is 0 Å². The van der Waals surface area contributed by atoms with E-state index < -0.39 is 6.10 Å². The highest BCUT2D eigenvalue weighted by Crippen LogP contribution is 2.37. The SMILES string of the molecule is Nc1cc(-c2nc(-c3cccc4c3CC[C@@H]4O)no2)ccc1O. The molecule has 4 rings (SSSR count). The number of nitrogens with two attached hydrogens (primary N) is 1. The van der Waals surface area contributed by atoms with E-state index in [0.717, 1.165) is 23.1 Å². The molecule has 23 heavy (non-hydrogen) atoms. The highest BCUT2D eigenvalue weighted by Gasteiger charge is 2.24. The van der Waals surface area contributed by atoms with E-state index in [2.05, 4.69) is 10.1 Å². The summed E-state index contributed by atoms with van der Waals surface area (Å²) in [5.41, 5.74) is 9.47. The third kappa shape index (κ3) is 2.24. The lowest BCUT2D eigenvalue weighted by Gasteiger charge is -2.05. The van der Waals surface area contributed by atoms with Crippen molar-refractivity contribution in [2.75, 3.05) is 5.73 Å². The molecule has 0 aliphatic heterocycles. The van der Waals surface area contributed by atoms with Gasteiger partial charge >= 0.3 is 0 Å². The Balaban J connectivity index is 1.76. The first-order valence-corrected chi connectivity index (χ1v) is 7.36. The number of benzene rings is 2. The molecule has 0 saturated carbocycles. The van der Waals surface area contributed by atoms with Gasteiger partial charge < -0.3 is 20.5 Å². The van der Waals surface area contributed by atoms with Crippen LogP contribution in [0.1, 0.15) is 23.7 Å². The summed E-state index contributed by atoms with van der Waals surface area (Å²) in [6, 6.07) is 10.5. The Morgan fingerprint density at radius 1 is 1.22 bits per heavy atom. The van der Waals surface area contributed by atoms with Crippen molar-refractivity contribution in [2.45, 2.75) is 18.9 Å². The molecule has 1 heterocycles. The van der Waals surface area contributed by atoms with E-state index in [4.69, 9.17) is 10.3 Å². The first kappa shape index (κ1) is 13.8. The number of nitrogens with zero attached hydrogens (tertiary/aromatic N) is 2. The molecule has 4 N–H and O–H groups in total. The predicted molar refractivity (Wildman–Crippen MR) is 84.5 cm³/mol. The van der Waals surface area contributed by atoms with E-state index >= 15 is 0 Å². The van der Waals surface area contributed by atoms with Crippen molar-refractivity contribution in [1.29, 1.82) is 0 Å². The number of rotatable bonds is 2. The molecule has 1 aliphatic carbocycles. The monoisotopic (exact) mass is 309 g/mol. The Labute approximate surface area is 132 Å².